The largest absolute Gasteiger partial charge is 0.0808 e. The van der Waals surface area contributed by atoms with Gasteiger partial charge in [-0.15, -0.1) is 0 Å². The topological polar surface area (TPSA) is 0 Å². The van der Waals surface area contributed by atoms with E-state index < -0.39 is 0 Å². The fourth-order valence-electron chi connectivity index (χ4n) is 2.23. The van der Waals surface area contributed by atoms with Crippen molar-refractivity contribution in [2.45, 2.75) is 19.8 Å². The predicted molar refractivity (Wildman–Crippen MR) is 43.7 cm³/mol. The summed E-state index contributed by atoms with van der Waals surface area (Å²) >= 11 is 0. The van der Waals surface area contributed by atoms with Crippen molar-refractivity contribution in [1.29, 1.82) is 0 Å². The van der Waals surface area contributed by atoms with Crippen LogP contribution in [0.3, 0.4) is 0 Å². The van der Waals surface area contributed by atoms with Crippen molar-refractivity contribution in [3.63, 3.8) is 0 Å². The molecule has 10 heavy (non-hydrogen) atoms. The molecule has 2 aliphatic carbocycles. The molecule has 2 aliphatic rings. The summed E-state index contributed by atoms with van der Waals surface area (Å²) in [5.41, 5.74) is 0. The maximum absolute atomic E-state index is 2.37. The zero-order valence-corrected chi connectivity index (χ0v) is 6.46. The predicted octanol–water partition coefficient (Wildman–Crippen LogP) is 2.77. The molecule has 0 amide bonds. The number of hydrogen-bond donors (Lipinski definition) is 0. The molecule has 0 bridgehead atoms. The lowest BCUT2D eigenvalue weighted by Crippen LogP contribution is -2.03. The van der Waals surface area contributed by atoms with E-state index in [4.69, 9.17) is 0 Å². The quantitative estimate of drug-likeness (QED) is 0.478. The van der Waals surface area contributed by atoms with Gasteiger partial charge in [0.05, 0.1) is 0 Å². The fourth-order valence-corrected chi connectivity index (χ4v) is 2.23. The molecule has 0 heterocycles. The third-order valence-corrected chi connectivity index (χ3v) is 2.73. The van der Waals surface area contributed by atoms with Gasteiger partial charge in [0.1, 0.15) is 0 Å². The molecule has 2 rings (SSSR count). The molecule has 0 nitrogen and oxygen atoms in total. The Morgan fingerprint density at radius 1 is 1.00 bits per heavy atom. The minimum atomic E-state index is 0.875. The van der Waals surface area contributed by atoms with Crippen LogP contribution in [0.15, 0.2) is 24.3 Å². The number of allylic oxidation sites excluding steroid dienone is 4. The molecular formula is C10H14. The van der Waals surface area contributed by atoms with Gasteiger partial charge in [0.25, 0.3) is 0 Å². The summed E-state index contributed by atoms with van der Waals surface area (Å²) in [5, 5.41) is 0. The van der Waals surface area contributed by atoms with Gasteiger partial charge in [0.2, 0.25) is 0 Å². The van der Waals surface area contributed by atoms with E-state index in [1.807, 2.05) is 0 Å². The third kappa shape index (κ3) is 0.920. The summed E-state index contributed by atoms with van der Waals surface area (Å²) in [6, 6.07) is 0. The van der Waals surface area contributed by atoms with Gasteiger partial charge in [-0.1, -0.05) is 31.2 Å². The van der Waals surface area contributed by atoms with E-state index in [9.17, 15) is 0 Å². The molecule has 0 heteroatoms. The third-order valence-electron chi connectivity index (χ3n) is 2.73. The van der Waals surface area contributed by atoms with Crippen molar-refractivity contribution >= 4 is 0 Å². The summed E-state index contributed by atoms with van der Waals surface area (Å²) in [6.07, 6.45) is 11.9. The second-order valence-corrected chi connectivity index (χ2v) is 3.67. The van der Waals surface area contributed by atoms with E-state index in [2.05, 4.69) is 31.2 Å². The van der Waals surface area contributed by atoms with Crippen molar-refractivity contribution < 1.29 is 0 Å². The maximum atomic E-state index is 2.37. The smallest absolute Gasteiger partial charge is 0.0165 e. The van der Waals surface area contributed by atoms with Crippen LogP contribution in [0.4, 0.5) is 0 Å². The molecular weight excluding hydrogens is 120 g/mol. The Hall–Kier alpha value is -0.520. The molecule has 0 aromatic rings. The molecule has 0 aliphatic heterocycles. The van der Waals surface area contributed by atoms with Crippen molar-refractivity contribution in [2.75, 3.05) is 0 Å². The lowest BCUT2D eigenvalue weighted by atomic mass is 9.92. The number of fused-ring (bicyclic) bond motifs is 1. The first-order chi connectivity index (χ1) is 4.86. The van der Waals surface area contributed by atoms with Crippen LogP contribution in [-0.2, 0) is 0 Å². The molecule has 0 saturated heterocycles. The van der Waals surface area contributed by atoms with Crippen LogP contribution in [0.25, 0.3) is 0 Å². The molecule has 1 saturated carbocycles. The van der Waals surface area contributed by atoms with Crippen molar-refractivity contribution in [2.24, 2.45) is 17.8 Å². The van der Waals surface area contributed by atoms with Gasteiger partial charge in [0, 0.05) is 0 Å². The second-order valence-electron chi connectivity index (χ2n) is 3.67. The minimum Gasteiger partial charge on any atom is -0.0808 e. The van der Waals surface area contributed by atoms with E-state index in [1.54, 1.807) is 0 Å². The van der Waals surface area contributed by atoms with Crippen LogP contribution in [0.5, 0.6) is 0 Å². The van der Waals surface area contributed by atoms with E-state index in [0.717, 1.165) is 17.8 Å². The lowest BCUT2D eigenvalue weighted by molar-refractivity contribution is 0.552. The SMILES string of the molecule is CC1C[C@H]2C=CC=C[C@@H]2C1. The summed E-state index contributed by atoms with van der Waals surface area (Å²) in [5.74, 6) is 2.70. The first-order valence-electron chi connectivity index (χ1n) is 4.21. The minimum absolute atomic E-state index is 0.875. The first-order valence-corrected chi connectivity index (χ1v) is 4.21. The van der Waals surface area contributed by atoms with Crippen LogP contribution in [-0.4, -0.2) is 0 Å². The fraction of sp³-hybridized carbons (Fsp3) is 0.600. The molecule has 0 N–H and O–H groups in total. The Kier molecular flexibility index (Phi) is 1.40. The summed E-state index contributed by atoms with van der Waals surface area (Å²) in [7, 11) is 0. The van der Waals surface area contributed by atoms with Crippen molar-refractivity contribution in [1.82, 2.24) is 0 Å². The first kappa shape index (κ1) is 6.21. The number of rotatable bonds is 0. The summed E-state index contributed by atoms with van der Waals surface area (Å²) < 4.78 is 0. The van der Waals surface area contributed by atoms with Gasteiger partial charge in [-0.05, 0) is 30.6 Å². The van der Waals surface area contributed by atoms with Gasteiger partial charge < -0.3 is 0 Å². The van der Waals surface area contributed by atoms with Gasteiger partial charge in [-0.3, -0.25) is 0 Å². The lowest BCUT2D eigenvalue weighted by Gasteiger charge is -2.13. The highest BCUT2D eigenvalue weighted by Gasteiger charge is 2.28. The zero-order chi connectivity index (χ0) is 6.97. The molecule has 2 atom stereocenters. The highest BCUT2D eigenvalue weighted by molar-refractivity contribution is 5.16. The van der Waals surface area contributed by atoms with E-state index >= 15 is 0 Å². The van der Waals surface area contributed by atoms with Gasteiger partial charge >= 0.3 is 0 Å². The van der Waals surface area contributed by atoms with Crippen molar-refractivity contribution in [3.05, 3.63) is 24.3 Å². The highest BCUT2D eigenvalue weighted by Crippen LogP contribution is 2.39. The van der Waals surface area contributed by atoms with Crippen LogP contribution in [0.2, 0.25) is 0 Å². The van der Waals surface area contributed by atoms with Gasteiger partial charge in [-0.2, -0.15) is 0 Å². The van der Waals surface area contributed by atoms with E-state index in [1.165, 1.54) is 12.8 Å². The maximum Gasteiger partial charge on any atom is -0.0165 e. The Bertz CT molecular complexity index is 156. The molecule has 1 fully saturated rings. The Morgan fingerprint density at radius 3 is 2.00 bits per heavy atom. The molecule has 0 unspecified atom stereocenters. The summed E-state index contributed by atoms with van der Waals surface area (Å²) in [6.45, 7) is 2.36. The average molecular weight is 134 g/mol. The normalized spacial score (nSPS) is 38.5. The number of hydrogen-bond acceptors (Lipinski definition) is 0. The molecule has 0 aromatic heterocycles. The van der Waals surface area contributed by atoms with E-state index in [0.29, 0.717) is 0 Å². The molecule has 54 valence electrons. The van der Waals surface area contributed by atoms with Crippen LogP contribution in [0, 0.1) is 17.8 Å². The van der Waals surface area contributed by atoms with Crippen LogP contribution < -0.4 is 0 Å². The van der Waals surface area contributed by atoms with E-state index in [-0.39, 0.29) is 0 Å². The highest BCUT2D eigenvalue weighted by atomic mass is 14.3. The van der Waals surface area contributed by atoms with Crippen LogP contribution >= 0.6 is 0 Å². The van der Waals surface area contributed by atoms with Gasteiger partial charge in [0.15, 0.2) is 0 Å². The second kappa shape index (κ2) is 2.26. The standard InChI is InChI=1S/C10H14/c1-8-6-9-4-2-3-5-10(9)7-8/h2-5,8-10H,6-7H2,1H3/t9-,10-/m1/s1. The average Bonchev–Trinajstić information content (AvgIpc) is 2.27. The monoisotopic (exact) mass is 134 g/mol. The Morgan fingerprint density at radius 2 is 1.50 bits per heavy atom. The molecule has 0 spiro atoms. The Labute approximate surface area is 62.6 Å². The van der Waals surface area contributed by atoms with Crippen LogP contribution in [0.1, 0.15) is 19.8 Å². The molecule has 0 aromatic carbocycles. The van der Waals surface area contributed by atoms with Crippen molar-refractivity contribution in [3.8, 4) is 0 Å². The molecule has 0 radical (unpaired) electrons. The summed E-state index contributed by atoms with van der Waals surface area (Å²) in [4.78, 5) is 0. The zero-order valence-electron chi connectivity index (χ0n) is 6.46. The van der Waals surface area contributed by atoms with Gasteiger partial charge in [-0.25, -0.2) is 0 Å². The Balaban J connectivity index is 2.14.